The molecule has 0 aromatic heterocycles. The molecule has 0 radical (unpaired) electrons. The first-order valence-corrected chi connectivity index (χ1v) is 5.66. The van der Waals surface area contributed by atoms with Crippen LogP contribution in [0.3, 0.4) is 0 Å². The second kappa shape index (κ2) is 4.05. The second-order valence-corrected chi connectivity index (χ2v) is 4.79. The summed E-state index contributed by atoms with van der Waals surface area (Å²) < 4.78 is 5.53. The molecular weight excluding hydrogens is 210 g/mol. The average Bonchev–Trinajstić information content (AvgIpc) is 2.94. The summed E-state index contributed by atoms with van der Waals surface area (Å²) in [6.07, 6.45) is 0.568. The highest BCUT2D eigenvalue weighted by Crippen LogP contribution is 2.40. The van der Waals surface area contributed by atoms with Crippen LogP contribution in [0, 0.1) is 11.8 Å². The summed E-state index contributed by atoms with van der Waals surface area (Å²) in [4.78, 5) is 24.4. The number of amides is 1. The molecule has 4 atom stereocenters. The number of rotatable bonds is 2. The zero-order valence-corrected chi connectivity index (χ0v) is 9.55. The van der Waals surface area contributed by atoms with E-state index in [0.717, 1.165) is 0 Å². The molecule has 0 aromatic rings. The Morgan fingerprint density at radius 2 is 1.75 bits per heavy atom. The van der Waals surface area contributed by atoms with Crippen molar-refractivity contribution in [3.8, 4) is 0 Å². The van der Waals surface area contributed by atoms with Gasteiger partial charge >= 0.3 is 5.97 Å². The molecule has 1 amide bonds. The van der Waals surface area contributed by atoms with Crippen LogP contribution in [0.5, 0.6) is 0 Å². The molecule has 16 heavy (non-hydrogen) atoms. The van der Waals surface area contributed by atoms with E-state index < -0.39 is 11.9 Å². The van der Waals surface area contributed by atoms with Crippen molar-refractivity contribution < 1.29 is 19.4 Å². The first-order chi connectivity index (χ1) is 7.49. The smallest absolute Gasteiger partial charge is 0.307 e. The molecule has 5 heteroatoms. The summed E-state index contributed by atoms with van der Waals surface area (Å²) >= 11 is 0. The number of nitrogens with zero attached hydrogens (tertiary/aromatic N) is 1. The van der Waals surface area contributed by atoms with Crippen molar-refractivity contribution >= 4 is 11.9 Å². The second-order valence-electron chi connectivity index (χ2n) is 4.79. The molecule has 2 rings (SSSR count). The Kier molecular flexibility index (Phi) is 2.88. The van der Waals surface area contributed by atoms with Crippen LogP contribution in [0.2, 0.25) is 0 Å². The third-order valence-corrected chi connectivity index (χ3v) is 3.16. The van der Waals surface area contributed by atoms with Gasteiger partial charge in [0, 0.05) is 13.1 Å². The zero-order valence-electron chi connectivity index (χ0n) is 9.55. The van der Waals surface area contributed by atoms with E-state index >= 15 is 0 Å². The Labute approximate surface area is 94.4 Å². The molecule has 0 spiro atoms. The molecule has 1 saturated carbocycles. The Balaban J connectivity index is 1.93. The standard InChI is InChI=1S/C11H17NO4/c1-6-4-12(5-7(2)16-6)10(13)8-3-9(8)11(14)15/h6-9H,3-5H2,1-2H3,(H,14,15). The monoisotopic (exact) mass is 227 g/mol. The van der Waals surface area contributed by atoms with Gasteiger partial charge < -0.3 is 14.7 Å². The largest absolute Gasteiger partial charge is 0.481 e. The van der Waals surface area contributed by atoms with Crippen LogP contribution in [-0.2, 0) is 14.3 Å². The van der Waals surface area contributed by atoms with Crippen molar-refractivity contribution in [2.45, 2.75) is 32.5 Å². The maximum atomic E-state index is 12.0. The molecule has 4 unspecified atom stereocenters. The number of carbonyl (C=O) groups excluding carboxylic acids is 1. The molecule has 1 saturated heterocycles. The maximum absolute atomic E-state index is 12.0. The topological polar surface area (TPSA) is 66.8 Å². The van der Waals surface area contributed by atoms with E-state index in [4.69, 9.17) is 9.84 Å². The third kappa shape index (κ3) is 2.19. The lowest BCUT2D eigenvalue weighted by Gasteiger charge is -2.35. The van der Waals surface area contributed by atoms with Gasteiger partial charge in [0.2, 0.25) is 5.91 Å². The summed E-state index contributed by atoms with van der Waals surface area (Å²) in [5, 5.41) is 8.78. The van der Waals surface area contributed by atoms with Gasteiger partial charge in [-0.1, -0.05) is 0 Å². The van der Waals surface area contributed by atoms with Crippen LogP contribution in [0.1, 0.15) is 20.3 Å². The van der Waals surface area contributed by atoms with Crippen LogP contribution < -0.4 is 0 Å². The molecule has 1 aliphatic carbocycles. The predicted molar refractivity (Wildman–Crippen MR) is 55.8 cm³/mol. The van der Waals surface area contributed by atoms with Crippen LogP contribution in [-0.4, -0.2) is 47.2 Å². The SMILES string of the molecule is CC1CN(C(=O)C2CC2C(=O)O)CC(C)O1. The van der Waals surface area contributed by atoms with Gasteiger partial charge in [-0.3, -0.25) is 9.59 Å². The summed E-state index contributed by atoms with van der Waals surface area (Å²) in [6.45, 7) is 5.01. The number of carboxylic acid groups (broad SMARTS) is 1. The molecule has 1 N–H and O–H groups in total. The zero-order chi connectivity index (χ0) is 11.9. The fraction of sp³-hybridized carbons (Fsp3) is 0.818. The van der Waals surface area contributed by atoms with E-state index in [1.54, 1.807) is 4.90 Å². The Hall–Kier alpha value is -1.10. The number of ether oxygens (including phenoxy) is 1. The first-order valence-electron chi connectivity index (χ1n) is 5.66. The molecule has 5 nitrogen and oxygen atoms in total. The van der Waals surface area contributed by atoms with E-state index in [1.807, 2.05) is 13.8 Å². The van der Waals surface area contributed by atoms with E-state index in [9.17, 15) is 9.59 Å². The van der Waals surface area contributed by atoms with Crippen LogP contribution >= 0.6 is 0 Å². The molecule has 2 aliphatic rings. The molecule has 90 valence electrons. The minimum Gasteiger partial charge on any atom is -0.481 e. The Bertz CT molecular complexity index is 307. The minimum atomic E-state index is -0.854. The van der Waals surface area contributed by atoms with Crippen molar-refractivity contribution in [1.82, 2.24) is 4.90 Å². The number of hydrogen-bond donors (Lipinski definition) is 1. The summed E-state index contributed by atoms with van der Waals surface area (Å²) in [7, 11) is 0. The highest BCUT2D eigenvalue weighted by molar-refractivity contribution is 5.89. The lowest BCUT2D eigenvalue weighted by Crippen LogP contribution is -2.49. The van der Waals surface area contributed by atoms with Gasteiger partial charge in [0.25, 0.3) is 0 Å². The molecule has 2 fully saturated rings. The van der Waals surface area contributed by atoms with Gasteiger partial charge in [-0.25, -0.2) is 0 Å². The number of aliphatic carboxylic acids is 1. The van der Waals surface area contributed by atoms with E-state index in [0.29, 0.717) is 19.5 Å². The van der Waals surface area contributed by atoms with Crippen molar-refractivity contribution in [3.05, 3.63) is 0 Å². The van der Waals surface area contributed by atoms with Crippen LogP contribution in [0.15, 0.2) is 0 Å². The lowest BCUT2D eigenvalue weighted by atomic mass is 10.2. The van der Waals surface area contributed by atoms with Crippen molar-refractivity contribution in [2.75, 3.05) is 13.1 Å². The maximum Gasteiger partial charge on any atom is 0.307 e. The highest BCUT2D eigenvalue weighted by atomic mass is 16.5. The van der Waals surface area contributed by atoms with Crippen LogP contribution in [0.4, 0.5) is 0 Å². The van der Waals surface area contributed by atoms with E-state index in [-0.39, 0.29) is 24.0 Å². The van der Waals surface area contributed by atoms with E-state index in [2.05, 4.69) is 0 Å². The molecule has 1 aliphatic heterocycles. The fourth-order valence-corrected chi connectivity index (χ4v) is 2.33. The van der Waals surface area contributed by atoms with Gasteiger partial charge in [-0.15, -0.1) is 0 Å². The highest BCUT2D eigenvalue weighted by Gasteiger charge is 2.50. The molecule has 0 bridgehead atoms. The normalized spacial score (nSPS) is 38.2. The number of morpholine rings is 1. The van der Waals surface area contributed by atoms with Gasteiger partial charge in [-0.2, -0.15) is 0 Å². The van der Waals surface area contributed by atoms with Crippen molar-refractivity contribution in [2.24, 2.45) is 11.8 Å². The van der Waals surface area contributed by atoms with E-state index in [1.165, 1.54) is 0 Å². The molecular formula is C11H17NO4. The molecule has 1 heterocycles. The lowest BCUT2D eigenvalue weighted by molar-refractivity contribution is -0.147. The van der Waals surface area contributed by atoms with Crippen LogP contribution in [0.25, 0.3) is 0 Å². The summed E-state index contributed by atoms with van der Waals surface area (Å²) in [5.74, 6) is -1.63. The number of carboxylic acids is 1. The quantitative estimate of drug-likeness (QED) is 0.739. The Morgan fingerprint density at radius 1 is 1.19 bits per heavy atom. The van der Waals surface area contributed by atoms with Gasteiger partial charge in [0.05, 0.1) is 24.0 Å². The van der Waals surface area contributed by atoms with Crippen molar-refractivity contribution in [3.63, 3.8) is 0 Å². The first kappa shape index (κ1) is 11.4. The van der Waals surface area contributed by atoms with Gasteiger partial charge in [0.15, 0.2) is 0 Å². The van der Waals surface area contributed by atoms with Gasteiger partial charge in [-0.05, 0) is 20.3 Å². The average molecular weight is 227 g/mol. The minimum absolute atomic E-state index is 0.0191. The Morgan fingerprint density at radius 3 is 2.19 bits per heavy atom. The third-order valence-electron chi connectivity index (χ3n) is 3.16. The van der Waals surface area contributed by atoms with Crippen molar-refractivity contribution in [1.29, 1.82) is 0 Å². The molecule has 0 aromatic carbocycles. The predicted octanol–water partition coefficient (Wildman–Crippen LogP) is 0.343. The number of hydrogen-bond acceptors (Lipinski definition) is 3. The summed E-state index contributed by atoms with van der Waals surface area (Å²) in [6, 6.07) is 0. The number of carbonyl (C=O) groups is 2. The fourth-order valence-electron chi connectivity index (χ4n) is 2.33. The van der Waals surface area contributed by atoms with Gasteiger partial charge in [0.1, 0.15) is 0 Å². The summed E-state index contributed by atoms with van der Waals surface area (Å²) in [5.41, 5.74) is 0.